The zero-order chi connectivity index (χ0) is 20.7. The van der Waals surface area contributed by atoms with E-state index in [9.17, 15) is 9.59 Å². The number of fused-ring (bicyclic) bond motifs is 2. The molecule has 0 N–H and O–H groups in total. The van der Waals surface area contributed by atoms with E-state index in [1.54, 1.807) is 18.5 Å². The highest BCUT2D eigenvalue weighted by Gasteiger charge is 2.42. The number of amides is 1. The van der Waals surface area contributed by atoms with Crippen LogP contribution in [0.25, 0.3) is 10.9 Å². The second-order valence-electron chi connectivity index (χ2n) is 6.83. The number of ketones is 1. The summed E-state index contributed by atoms with van der Waals surface area (Å²) in [6, 6.07) is 7.69. The number of carbonyl (C=O) groups is 2. The molecule has 1 atom stereocenters. The first-order valence-electron chi connectivity index (χ1n) is 9.12. The van der Waals surface area contributed by atoms with Crippen LogP contribution in [-0.2, 0) is 17.8 Å². The van der Waals surface area contributed by atoms with E-state index in [0.29, 0.717) is 28.6 Å². The van der Waals surface area contributed by atoms with Gasteiger partial charge in [0.05, 0.1) is 12.1 Å². The van der Waals surface area contributed by atoms with Gasteiger partial charge in [0, 0.05) is 24.5 Å². The molecule has 0 spiro atoms. The Balaban J connectivity index is 1.75. The monoisotopic (exact) mass is 451 g/mol. The molecule has 1 amide bonds. The molecule has 2 aromatic heterocycles. The number of nitrogens with zero attached hydrogens (tertiary/aromatic N) is 5. The van der Waals surface area contributed by atoms with Crippen LogP contribution in [0.1, 0.15) is 28.9 Å². The Hall–Kier alpha value is -3.05. The fourth-order valence-corrected chi connectivity index (χ4v) is 4.03. The number of hydrogen-bond acceptors (Lipinski definition) is 5. The number of aryl methyl sites for hydroxylation is 1. The summed E-state index contributed by atoms with van der Waals surface area (Å²) in [5, 5.41) is 0.956. The summed E-state index contributed by atoms with van der Waals surface area (Å²) in [5.41, 5.74) is 2.00. The molecule has 0 saturated heterocycles. The van der Waals surface area contributed by atoms with E-state index in [4.69, 9.17) is 0 Å². The molecular formula is C21H18BrN5O2. The quantitative estimate of drug-likeness (QED) is 0.451. The number of benzene rings is 1. The average molecular weight is 452 g/mol. The van der Waals surface area contributed by atoms with Gasteiger partial charge in [0.15, 0.2) is 16.3 Å². The summed E-state index contributed by atoms with van der Waals surface area (Å²) >= 11 is 3.38. The molecule has 0 aliphatic carbocycles. The molecule has 3 heterocycles. The highest BCUT2D eigenvalue weighted by atomic mass is 79.9. The van der Waals surface area contributed by atoms with Crippen molar-refractivity contribution in [2.24, 2.45) is 5.92 Å². The van der Waals surface area contributed by atoms with Gasteiger partial charge >= 0.3 is 0 Å². The van der Waals surface area contributed by atoms with E-state index in [0.717, 1.165) is 16.6 Å². The zero-order valence-corrected chi connectivity index (χ0v) is 17.8. The zero-order valence-electron chi connectivity index (χ0n) is 16.2. The number of para-hydroxylation sites is 1. The van der Waals surface area contributed by atoms with E-state index < -0.39 is 5.92 Å². The van der Waals surface area contributed by atoms with Gasteiger partial charge in [0.1, 0.15) is 17.4 Å². The van der Waals surface area contributed by atoms with Crippen LogP contribution in [0.5, 0.6) is 0 Å². The Morgan fingerprint density at radius 1 is 1.17 bits per heavy atom. The largest absolute Gasteiger partial charge is 0.302 e. The molecular weight excluding hydrogens is 434 g/mol. The normalized spacial score (nSPS) is 16.0. The lowest BCUT2D eigenvalue weighted by atomic mass is 9.92. The van der Waals surface area contributed by atoms with Gasteiger partial charge in [0.25, 0.3) is 0 Å². The molecule has 1 unspecified atom stereocenters. The second kappa shape index (κ2) is 7.41. The molecule has 1 aliphatic heterocycles. The first kappa shape index (κ1) is 19.3. The van der Waals surface area contributed by atoms with Crippen LogP contribution in [0.3, 0.4) is 0 Å². The maximum absolute atomic E-state index is 13.3. The van der Waals surface area contributed by atoms with Crippen LogP contribution in [0.2, 0.25) is 0 Å². The number of rotatable bonds is 3. The minimum Gasteiger partial charge on any atom is -0.302 e. The minimum atomic E-state index is -0.898. The van der Waals surface area contributed by atoms with Crippen molar-refractivity contribution in [1.82, 2.24) is 19.5 Å². The van der Waals surface area contributed by atoms with Crippen molar-refractivity contribution in [2.45, 2.75) is 26.8 Å². The van der Waals surface area contributed by atoms with Crippen molar-refractivity contribution in [2.75, 3.05) is 11.9 Å². The Kier molecular flexibility index (Phi) is 4.92. The van der Waals surface area contributed by atoms with Crippen LogP contribution < -0.4 is 4.90 Å². The Morgan fingerprint density at radius 2 is 1.93 bits per heavy atom. The van der Waals surface area contributed by atoms with Gasteiger partial charge in [-0.2, -0.15) is 0 Å². The third-order valence-corrected chi connectivity index (χ3v) is 5.65. The predicted molar refractivity (Wildman–Crippen MR) is 113 cm³/mol. The number of anilines is 1. The number of aromatic nitrogens is 4. The summed E-state index contributed by atoms with van der Waals surface area (Å²) in [4.78, 5) is 41.1. The molecule has 0 bridgehead atoms. The van der Waals surface area contributed by atoms with Crippen molar-refractivity contribution < 1.29 is 9.59 Å². The second-order valence-corrected chi connectivity index (χ2v) is 7.54. The van der Waals surface area contributed by atoms with E-state index in [-0.39, 0.29) is 18.1 Å². The summed E-state index contributed by atoms with van der Waals surface area (Å²) in [7, 11) is 1.63. The van der Waals surface area contributed by atoms with Crippen molar-refractivity contribution in [3.8, 4) is 11.8 Å². The molecule has 3 aromatic rings. The van der Waals surface area contributed by atoms with Crippen LogP contribution in [0.15, 0.2) is 29.0 Å². The van der Waals surface area contributed by atoms with Gasteiger partial charge in [-0.05, 0) is 35.8 Å². The van der Waals surface area contributed by atoms with Crippen molar-refractivity contribution >= 4 is 44.3 Å². The third kappa shape index (κ3) is 3.21. The average Bonchev–Trinajstić information content (AvgIpc) is 3.04. The summed E-state index contributed by atoms with van der Waals surface area (Å²) in [6.45, 7) is 3.94. The van der Waals surface area contributed by atoms with Gasteiger partial charge in [-0.1, -0.05) is 24.1 Å². The SMILES string of the molecule is CC#CCn1c(Br)nc2c1C(=O)C(Cc1nc(C)c3ccccc3n1)C(=O)N2C. The lowest BCUT2D eigenvalue weighted by Crippen LogP contribution is -2.44. The molecule has 4 rings (SSSR count). The Morgan fingerprint density at radius 3 is 2.69 bits per heavy atom. The molecule has 8 heteroatoms. The van der Waals surface area contributed by atoms with Crippen LogP contribution in [0.4, 0.5) is 5.82 Å². The van der Waals surface area contributed by atoms with Gasteiger partial charge in [-0.3, -0.25) is 14.5 Å². The van der Waals surface area contributed by atoms with Crippen molar-refractivity contribution in [3.05, 3.63) is 46.2 Å². The smallest absolute Gasteiger partial charge is 0.239 e. The molecule has 7 nitrogen and oxygen atoms in total. The third-order valence-electron chi connectivity index (χ3n) is 5.04. The highest BCUT2D eigenvalue weighted by Crippen LogP contribution is 2.33. The van der Waals surface area contributed by atoms with Crippen molar-refractivity contribution in [1.29, 1.82) is 0 Å². The molecule has 29 heavy (non-hydrogen) atoms. The van der Waals surface area contributed by atoms with Gasteiger partial charge in [-0.15, -0.1) is 5.92 Å². The molecule has 146 valence electrons. The standard InChI is InChI=1S/C21H18BrN5O2/c1-4-5-10-27-17-18(28)14(20(29)26(3)19(17)25-21(27)22)11-16-23-12(2)13-8-6-7-9-15(13)24-16/h6-9,14H,10-11H2,1-3H3. The summed E-state index contributed by atoms with van der Waals surface area (Å²) in [6.07, 6.45) is 0.134. The van der Waals surface area contributed by atoms with E-state index in [2.05, 4.69) is 42.7 Å². The number of halogens is 1. The highest BCUT2D eigenvalue weighted by molar-refractivity contribution is 9.10. The molecule has 0 radical (unpaired) electrons. The maximum atomic E-state index is 13.3. The molecule has 1 aliphatic rings. The number of hydrogen-bond donors (Lipinski definition) is 0. The van der Waals surface area contributed by atoms with E-state index >= 15 is 0 Å². The van der Waals surface area contributed by atoms with Crippen LogP contribution in [-0.4, -0.2) is 38.3 Å². The first-order chi connectivity index (χ1) is 13.9. The minimum absolute atomic E-state index is 0.134. The van der Waals surface area contributed by atoms with Gasteiger partial charge in [0.2, 0.25) is 5.91 Å². The summed E-state index contributed by atoms with van der Waals surface area (Å²) in [5.74, 6) is 5.09. The fourth-order valence-electron chi connectivity index (χ4n) is 3.56. The maximum Gasteiger partial charge on any atom is 0.239 e. The van der Waals surface area contributed by atoms with Gasteiger partial charge < -0.3 is 4.57 Å². The van der Waals surface area contributed by atoms with Crippen LogP contribution in [0, 0.1) is 24.7 Å². The van der Waals surface area contributed by atoms with E-state index in [1.807, 2.05) is 31.2 Å². The Bertz CT molecular complexity index is 1220. The van der Waals surface area contributed by atoms with Crippen LogP contribution >= 0.6 is 15.9 Å². The number of imidazole rings is 1. The Labute approximate surface area is 176 Å². The lowest BCUT2D eigenvalue weighted by Gasteiger charge is -2.27. The molecule has 0 fully saturated rings. The topological polar surface area (TPSA) is 81.0 Å². The van der Waals surface area contributed by atoms with E-state index in [1.165, 1.54) is 4.90 Å². The molecule has 1 aromatic carbocycles. The van der Waals surface area contributed by atoms with Gasteiger partial charge in [-0.25, -0.2) is 15.0 Å². The number of Topliss-reactive ketones (excluding diaryl/α,β-unsaturated/α-hetero) is 1. The lowest BCUT2D eigenvalue weighted by molar-refractivity contribution is -0.121. The predicted octanol–water partition coefficient (Wildman–Crippen LogP) is 2.94. The van der Waals surface area contributed by atoms with Crippen molar-refractivity contribution in [3.63, 3.8) is 0 Å². The molecule has 0 saturated carbocycles. The summed E-state index contributed by atoms with van der Waals surface area (Å²) < 4.78 is 2.16. The fraction of sp³-hybridized carbons (Fsp3) is 0.286. The first-order valence-corrected chi connectivity index (χ1v) is 9.91. The number of carbonyl (C=O) groups excluding carboxylic acids is 2.